The number of amides is 2. The lowest BCUT2D eigenvalue weighted by molar-refractivity contribution is 0.0589. The third-order valence-electron chi connectivity index (χ3n) is 5.03. The smallest absolute Gasteiger partial charge is 0.349 e. The normalized spacial score (nSPS) is 10.7. The number of nitrogens with zero attached hydrogens (tertiary/aromatic N) is 1. The predicted octanol–water partition coefficient (Wildman–Crippen LogP) is 5.87. The number of methoxy groups -OCH3 is 2. The first-order valence-corrected chi connectivity index (χ1v) is 12.4. The third-order valence-corrected chi connectivity index (χ3v) is 7.27. The van der Waals surface area contributed by atoms with E-state index in [4.69, 9.17) is 21.1 Å². The number of thiophene rings is 1. The summed E-state index contributed by atoms with van der Waals surface area (Å²) in [5.74, 6) is -2.92. The van der Waals surface area contributed by atoms with Crippen molar-refractivity contribution in [2.24, 2.45) is 0 Å². The third kappa shape index (κ3) is 5.43. The van der Waals surface area contributed by atoms with E-state index in [1.54, 1.807) is 17.6 Å². The van der Waals surface area contributed by atoms with Crippen LogP contribution in [0.4, 0.5) is 20.6 Å². The second kappa shape index (κ2) is 11.0. The summed E-state index contributed by atoms with van der Waals surface area (Å²) in [6.45, 7) is 0.0538. The fourth-order valence-electron chi connectivity index (χ4n) is 3.33. The van der Waals surface area contributed by atoms with Crippen LogP contribution in [-0.2, 0) is 11.3 Å². The van der Waals surface area contributed by atoms with Crippen molar-refractivity contribution in [3.05, 3.63) is 62.0 Å². The van der Waals surface area contributed by atoms with Gasteiger partial charge in [0.1, 0.15) is 17.0 Å². The van der Waals surface area contributed by atoms with Gasteiger partial charge in [-0.2, -0.15) is 0 Å². The van der Waals surface area contributed by atoms with E-state index in [2.05, 4.69) is 20.4 Å². The number of nitrogens with one attached hydrogen (secondary N) is 2. The molecule has 4 aromatic rings. The number of carbonyl (C=O) groups is 3. The first kappa shape index (κ1) is 26.1. The quantitative estimate of drug-likeness (QED) is 0.226. The number of urea groups is 1. The lowest BCUT2D eigenvalue weighted by Crippen LogP contribution is -2.21. The molecule has 3 N–H and O–H groups in total. The number of carbonyl (C=O) groups excluding carboxylic acids is 2. The van der Waals surface area contributed by atoms with Crippen LogP contribution >= 0.6 is 34.3 Å². The minimum atomic E-state index is -1.44. The lowest BCUT2D eigenvalue weighted by atomic mass is 10.2. The summed E-state index contributed by atoms with van der Waals surface area (Å²) in [6.07, 6.45) is 0. The van der Waals surface area contributed by atoms with Crippen LogP contribution in [0.15, 0.2) is 35.2 Å². The fourth-order valence-corrected chi connectivity index (χ4v) is 5.26. The van der Waals surface area contributed by atoms with Crippen LogP contribution in [0.3, 0.4) is 0 Å². The predicted molar refractivity (Wildman–Crippen MR) is 137 cm³/mol. The molecule has 2 aromatic heterocycles. The van der Waals surface area contributed by atoms with E-state index in [0.717, 1.165) is 34.8 Å². The summed E-state index contributed by atoms with van der Waals surface area (Å²) in [5.41, 5.74) is 2.21. The van der Waals surface area contributed by atoms with Gasteiger partial charge in [-0.05, 0) is 6.07 Å². The Hall–Kier alpha value is -3.94. The van der Waals surface area contributed by atoms with Gasteiger partial charge in [-0.15, -0.1) is 22.7 Å². The summed E-state index contributed by atoms with van der Waals surface area (Å²) >= 11 is 8.37. The summed E-state index contributed by atoms with van der Waals surface area (Å²) in [7, 11) is 2.44. The van der Waals surface area contributed by atoms with Gasteiger partial charge in [-0.3, -0.25) is 0 Å². The summed E-state index contributed by atoms with van der Waals surface area (Å²) in [4.78, 5) is 40.1. The molecule has 4 rings (SSSR count). The molecule has 192 valence electrons. The van der Waals surface area contributed by atoms with Crippen molar-refractivity contribution < 1.29 is 38.1 Å². The number of carboxylic acids is 1. The number of anilines is 2. The van der Waals surface area contributed by atoms with Crippen LogP contribution in [0.5, 0.6) is 11.5 Å². The Kier molecular flexibility index (Phi) is 7.76. The average molecular weight is 566 g/mol. The molecule has 37 heavy (non-hydrogen) atoms. The van der Waals surface area contributed by atoms with Crippen molar-refractivity contribution in [1.82, 2.24) is 4.98 Å². The molecule has 0 aliphatic heterocycles. The molecule has 0 radical (unpaired) electrons. The van der Waals surface area contributed by atoms with E-state index >= 15 is 0 Å². The van der Waals surface area contributed by atoms with Crippen LogP contribution in [0, 0.1) is 5.82 Å². The number of hydrogen-bond acceptors (Lipinski definition) is 9. The molecule has 0 saturated carbocycles. The number of carboxylic acid groups (broad SMARTS) is 1. The molecule has 2 aromatic carbocycles. The molecule has 10 nitrogen and oxygen atoms in total. The van der Waals surface area contributed by atoms with Gasteiger partial charge in [0.05, 0.1) is 46.3 Å². The number of halogens is 2. The van der Waals surface area contributed by atoms with Crippen molar-refractivity contribution in [2.45, 2.75) is 6.61 Å². The zero-order chi connectivity index (χ0) is 26.7. The number of rotatable bonds is 8. The Bertz CT molecular complexity index is 1520. The molecule has 0 saturated heterocycles. The summed E-state index contributed by atoms with van der Waals surface area (Å²) in [6, 6.07) is 4.80. The number of aromatic nitrogens is 1. The van der Waals surface area contributed by atoms with Crippen LogP contribution in [0.2, 0.25) is 5.02 Å². The molecule has 0 aliphatic carbocycles. The average Bonchev–Trinajstić information content (AvgIpc) is 3.53. The minimum absolute atomic E-state index is 0.0538. The highest BCUT2D eigenvalue weighted by molar-refractivity contribution is 7.17. The van der Waals surface area contributed by atoms with E-state index < -0.39 is 29.4 Å². The Morgan fingerprint density at radius 3 is 2.57 bits per heavy atom. The first-order chi connectivity index (χ1) is 17.7. The highest BCUT2D eigenvalue weighted by atomic mass is 35.5. The monoisotopic (exact) mass is 565 g/mol. The van der Waals surface area contributed by atoms with E-state index in [-0.39, 0.29) is 34.4 Å². The molecule has 0 atom stereocenters. The molecular formula is C23H17ClFN3O7S2. The molecule has 2 heterocycles. The van der Waals surface area contributed by atoms with Gasteiger partial charge in [-0.25, -0.2) is 23.8 Å². The largest absolute Gasteiger partial charge is 0.493 e. The highest BCUT2D eigenvalue weighted by Gasteiger charge is 2.25. The number of hydrogen-bond donors (Lipinski definition) is 3. The van der Waals surface area contributed by atoms with Crippen LogP contribution < -0.4 is 20.1 Å². The molecular weight excluding hydrogens is 549 g/mol. The topological polar surface area (TPSA) is 136 Å². The van der Waals surface area contributed by atoms with E-state index in [9.17, 15) is 23.9 Å². The van der Waals surface area contributed by atoms with Crippen LogP contribution in [-0.4, -0.2) is 42.3 Å². The molecule has 2 amide bonds. The zero-order valence-corrected chi connectivity index (χ0v) is 21.5. The van der Waals surface area contributed by atoms with Gasteiger partial charge in [0.2, 0.25) is 0 Å². The van der Waals surface area contributed by atoms with E-state index in [0.29, 0.717) is 10.5 Å². The van der Waals surface area contributed by atoms with Gasteiger partial charge in [-0.1, -0.05) is 17.7 Å². The lowest BCUT2D eigenvalue weighted by Gasteiger charge is -2.15. The van der Waals surface area contributed by atoms with Crippen LogP contribution in [0.25, 0.3) is 10.2 Å². The SMILES string of the molecule is COC(=O)c1scc(NC(=O)Nc2cc(OCc3ccc(Cl)c4scnc34)c(OC)cc2F)c1C(=O)O. The maximum absolute atomic E-state index is 14.7. The molecule has 0 aliphatic rings. The van der Waals surface area contributed by atoms with Crippen molar-refractivity contribution in [1.29, 1.82) is 0 Å². The first-order valence-electron chi connectivity index (χ1n) is 10.3. The van der Waals surface area contributed by atoms with Crippen molar-refractivity contribution >= 4 is 73.8 Å². The molecule has 0 spiro atoms. The number of esters is 1. The molecule has 0 fully saturated rings. The van der Waals surface area contributed by atoms with Crippen molar-refractivity contribution in [2.75, 3.05) is 24.9 Å². The second-order valence-electron chi connectivity index (χ2n) is 7.24. The molecule has 0 unspecified atom stereocenters. The fraction of sp³-hybridized carbons (Fsp3) is 0.130. The maximum Gasteiger partial charge on any atom is 0.349 e. The Labute approximate surface area is 221 Å². The highest BCUT2D eigenvalue weighted by Crippen LogP contribution is 2.35. The Morgan fingerprint density at radius 1 is 1.11 bits per heavy atom. The van der Waals surface area contributed by atoms with Crippen molar-refractivity contribution in [3.63, 3.8) is 0 Å². The number of ether oxygens (including phenoxy) is 3. The van der Waals surface area contributed by atoms with Gasteiger partial charge in [0, 0.05) is 23.1 Å². The summed E-state index contributed by atoms with van der Waals surface area (Å²) in [5, 5.41) is 15.9. The van der Waals surface area contributed by atoms with E-state index in [1.807, 2.05) is 0 Å². The Balaban J connectivity index is 1.54. The second-order valence-corrected chi connectivity index (χ2v) is 9.38. The number of thiazole rings is 1. The van der Waals surface area contributed by atoms with Gasteiger partial charge in [0.15, 0.2) is 17.3 Å². The minimum Gasteiger partial charge on any atom is -0.493 e. The van der Waals surface area contributed by atoms with Crippen LogP contribution in [0.1, 0.15) is 25.6 Å². The number of benzene rings is 2. The summed E-state index contributed by atoms with van der Waals surface area (Å²) < 4.78 is 31.1. The number of fused-ring (bicyclic) bond motifs is 1. The van der Waals surface area contributed by atoms with Gasteiger partial charge in [0.25, 0.3) is 0 Å². The maximum atomic E-state index is 14.7. The molecule has 14 heteroatoms. The zero-order valence-electron chi connectivity index (χ0n) is 19.1. The Morgan fingerprint density at radius 2 is 1.86 bits per heavy atom. The standard InChI is InChI=1S/C23H17ClFN3O7S2/c1-33-15-5-12(25)13(6-16(15)35-7-10-3-4-11(24)19-18(10)26-9-37-19)27-23(32)28-14-8-36-20(22(31)34-2)17(14)21(29)30/h3-6,8-9H,7H2,1-2H3,(H,29,30)(H2,27,28,32). The molecule has 0 bridgehead atoms. The van der Waals surface area contributed by atoms with Crippen molar-refractivity contribution in [3.8, 4) is 11.5 Å². The van der Waals surface area contributed by atoms with E-state index in [1.165, 1.54) is 29.9 Å². The number of aromatic carboxylic acids is 1. The van der Waals surface area contributed by atoms with Gasteiger partial charge >= 0.3 is 18.0 Å². The van der Waals surface area contributed by atoms with Gasteiger partial charge < -0.3 is 30.0 Å².